The highest BCUT2D eigenvalue weighted by atomic mass is 79.9. The van der Waals surface area contributed by atoms with Crippen LogP contribution in [0.1, 0.15) is 102 Å². The molecule has 0 aliphatic heterocycles. The zero-order valence-electron chi connectivity index (χ0n) is 20.6. The van der Waals surface area contributed by atoms with Crippen LogP contribution in [0.5, 0.6) is 0 Å². The van der Waals surface area contributed by atoms with Gasteiger partial charge in [0, 0.05) is 37.1 Å². The number of unbranched alkanes of at least 4 members (excludes halogenated alkanes) is 9. The van der Waals surface area contributed by atoms with Crippen molar-refractivity contribution in [3.63, 3.8) is 0 Å². The Morgan fingerprint density at radius 3 is 1.16 bits per heavy atom. The van der Waals surface area contributed by atoms with Gasteiger partial charge in [-0.3, -0.25) is 0 Å². The first kappa shape index (κ1) is 31.3. The van der Waals surface area contributed by atoms with Gasteiger partial charge in [0.15, 0.2) is 24.8 Å². The molecular formula is C28H46Br2N2. The Morgan fingerprint density at radius 1 is 0.469 bits per heavy atom. The lowest BCUT2D eigenvalue weighted by molar-refractivity contribution is -0.697. The van der Waals surface area contributed by atoms with Crippen LogP contribution in [0.4, 0.5) is 0 Å². The molecule has 2 aromatic heterocycles. The van der Waals surface area contributed by atoms with Gasteiger partial charge in [-0.15, -0.1) is 0 Å². The average Bonchev–Trinajstić information content (AvgIpc) is 2.78. The van der Waals surface area contributed by atoms with Crippen LogP contribution in [-0.2, 0) is 25.9 Å². The van der Waals surface area contributed by atoms with E-state index in [-0.39, 0.29) is 34.0 Å². The normalized spacial score (nSPS) is 10.4. The van der Waals surface area contributed by atoms with Gasteiger partial charge in [0.1, 0.15) is 13.1 Å². The largest absolute Gasteiger partial charge is 1.00 e. The molecule has 0 bridgehead atoms. The first-order valence-electron chi connectivity index (χ1n) is 12.8. The van der Waals surface area contributed by atoms with E-state index in [4.69, 9.17) is 0 Å². The predicted octanol–water partition coefficient (Wildman–Crippen LogP) is 0.776. The number of halogens is 2. The van der Waals surface area contributed by atoms with Gasteiger partial charge < -0.3 is 34.0 Å². The maximum Gasteiger partial charge on any atom is 0.169 e. The molecule has 182 valence electrons. The second kappa shape index (κ2) is 20.8. The number of rotatable bonds is 17. The highest BCUT2D eigenvalue weighted by Gasteiger charge is 2.03. The maximum atomic E-state index is 2.35. The number of hydrogen-bond acceptors (Lipinski definition) is 0. The standard InChI is InChI=1S/C28H46N2.2BrH/c1-3-5-11-15-27-17-23-29(24-18-27)21-13-9-7-8-10-14-22-30-25-19-28(20-26-30)16-12-6-4-2;;/h17-20,23-26H,3-16,21-22H2,1-2H3;2*1H/q+2;;/p-2. The van der Waals surface area contributed by atoms with Crippen LogP contribution in [-0.4, -0.2) is 0 Å². The van der Waals surface area contributed by atoms with Crippen LogP contribution in [0.3, 0.4) is 0 Å². The van der Waals surface area contributed by atoms with Gasteiger partial charge in [-0.1, -0.05) is 52.4 Å². The summed E-state index contributed by atoms with van der Waals surface area (Å²) in [5.74, 6) is 0. The molecule has 0 saturated heterocycles. The minimum Gasteiger partial charge on any atom is -1.00 e. The summed E-state index contributed by atoms with van der Waals surface area (Å²) < 4.78 is 4.71. The van der Waals surface area contributed by atoms with Crippen molar-refractivity contribution in [2.45, 2.75) is 117 Å². The summed E-state index contributed by atoms with van der Waals surface area (Å²) in [6, 6.07) is 9.24. The number of hydrogen-bond donors (Lipinski definition) is 0. The molecule has 0 aliphatic carbocycles. The van der Waals surface area contributed by atoms with Crippen LogP contribution in [0, 0.1) is 0 Å². The molecular weight excluding hydrogens is 524 g/mol. The van der Waals surface area contributed by atoms with Crippen LogP contribution in [0.2, 0.25) is 0 Å². The molecule has 0 saturated carbocycles. The molecule has 0 radical (unpaired) electrons. The predicted molar refractivity (Wildman–Crippen MR) is 127 cm³/mol. The molecule has 0 N–H and O–H groups in total. The fraction of sp³-hybridized carbons (Fsp3) is 0.643. The summed E-state index contributed by atoms with van der Waals surface area (Å²) >= 11 is 0. The molecule has 0 fully saturated rings. The highest BCUT2D eigenvalue weighted by molar-refractivity contribution is 5.07. The van der Waals surface area contributed by atoms with E-state index in [1.807, 2.05) is 0 Å². The Bertz CT molecular complexity index is 597. The van der Waals surface area contributed by atoms with Gasteiger partial charge in [0.25, 0.3) is 0 Å². The van der Waals surface area contributed by atoms with Gasteiger partial charge in [-0.05, 0) is 49.7 Å². The van der Waals surface area contributed by atoms with Gasteiger partial charge in [0.05, 0.1) is 0 Å². The lowest BCUT2D eigenvalue weighted by Crippen LogP contribution is -3.00. The minimum absolute atomic E-state index is 0. The van der Waals surface area contributed by atoms with Crippen LogP contribution in [0.15, 0.2) is 49.1 Å². The molecule has 0 unspecified atom stereocenters. The molecule has 2 aromatic rings. The van der Waals surface area contributed by atoms with Crippen LogP contribution in [0.25, 0.3) is 0 Å². The van der Waals surface area contributed by atoms with Crippen LogP contribution < -0.4 is 43.1 Å². The second-order valence-corrected chi connectivity index (χ2v) is 8.92. The molecule has 0 aromatic carbocycles. The summed E-state index contributed by atoms with van der Waals surface area (Å²) in [6.07, 6.45) is 27.5. The fourth-order valence-corrected chi connectivity index (χ4v) is 4.06. The van der Waals surface area contributed by atoms with Crippen molar-refractivity contribution >= 4 is 0 Å². The van der Waals surface area contributed by atoms with Crippen molar-refractivity contribution in [3.8, 4) is 0 Å². The van der Waals surface area contributed by atoms with Gasteiger partial charge >= 0.3 is 0 Å². The van der Waals surface area contributed by atoms with E-state index in [2.05, 4.69) is 72.0 Å². The van der Waals surface area contributed by atoms with Gasteiger partial charge in [-0.25, -0.2) is 9.13 Å². The Morgan fingerprint density at radius 2 is 0.812 bits per heavy atom. The molecule has 0 aliphatic rings. The summed E-state index contributed by atoms with van der Waals surface area (Å²) in [5, 5.41) is 0. The van der Waals surface area contributed by atoms with Crippen LogP contribution >= 0.6 is 0 Å². The molecule has 2 heterocycles. The zero-order chi connectivity index (χ0) is 21.3. The average molecular weight is 570 g/mol. The third-order valence-corrected chi connectivity index (χ3v) is 6.14. The lowest BCUT2D eigenvalue weighted by Gasteiger charge is -2.02. The van der Waals surface area contributed by atoms with E-state index < -0.39 is 0 Å². The third kappa shape index (κ3) is 14.4. The van der Waals surface area contributed by atoms with Crippen molar-refractivity contribution in [1.29, 1.82) is 0 Å². The smallest absolute Gasteiger partial charge is 0.169 e. The zero-order valence-corrected chi connectivity index (χ0v) is 23.8. The third-order valence-electron chi connectivity index (χ3n) is 6.14. The van der Waals surface area contributed by atoms with Gasteiger partial charge in [-0.2, -0.15) is 0 Å². The first-order valence-corrected chi connectivity index (χ1v) is 12.8. The SMILES string of the molecule is CCCCCc1cc[n+](CCCCCCCC[n+]2ccc(CCCCC)cc2)cc1.[Br-].[Br-]. The van der Waals surface area contributed by atoms with Gasteiger partial charge in [0.2, 0.25) is 0 Å². The Kier molecular flexibility index (Phi) is 20.4. The van der Waals surface area contributed by atoms with E-state index in [0.717, 1.165) is 13.1 Å². The Hall–Kier alpha value is -0.740. The summed E-state index contributed by atoms with van der Waals surface area (Å²) in [4.78, 5) is 0. The summed E-state index contributed by atoms with van der Waals surface area (Å²) in [7, 11) is 0. The van der Waals surface area contributed by atoms with Crippen molar-refractivity contribution in [1.82, 2.24) is 0 Å². The molecule has 32 heavy (non-hydrogen) atoms. The van der Waals surface area contributed by atoms with Crippen molar-refractivity contribution in [3.05, 3.63) is 60.2 Å². The molecule has 2 nitrogen and oxygen atoms in total. The van der Waals surface area contributed by atoms with Crippen molar-refractivity contribution in [2.75, 3.05) is 0 Å². The topological polar surface area (TPSA) is 7.76 Å². The molecule has 0 atom stereocenters. The fourth-order valence-electron chi connectivity index (χ4n) is 4.06. The van der Waals surface area contributed by atoms with E-state index in [1.165, 1.54) is 101 Å². The van der Waals surface area contributed by atoms with E-state index >= 15 is 0 Å². The molecule has 0 amide bonds. The monoisotopic (exact) mass is 568 g/mol. The first-order chi connectivity index (χ1) is 14.8. The molecule has 0 spiro atoms. The summed E-state index contributed by atoms with van der Waals surface area (Å²) in [6.45, 7) is 6.86. The Labute approximate surface area is 219 Å². The molecule has 2 rings (SSSR count). The van der Waals surface area contributed by atoms with E-state index in [0.29, 0.717) is 0 Å². The molecule has 4 heteroatoms. The Balaban J connectivity index is 0.00000480. The maximum absolute atomic E-state index is 2.35. The van der Waals surface area contributed by atoms with E-state index in [9.17, 15) is 0 Å². The number of aromatic nitrogens is 2. The summed E-state index contributed by atoms with van der Waals surface area (Å²) in [5.41, 5.74) is 2.98. The lowest BCUT2D eigenvalue weighted by atomic mass is 10.1. The number of nitrogens with zero attached hydrogens (tertiary/aromatic N) is 2. The van der Waals surface area contributed by atoms with E-state index in [1.54, 1.807) is 0 Å². The van der Waals surface area contributed by atoms with Crippen molar-refractivity contribution < 1.29 is 43.1 Å². The minimum atomic E-state index is 0. The second-order valence-electron chi connectivity index (χ2n) is 8.92. The highest BCUT2D eigenvalue weighted by Crippen LogP contribution is 2.08. The quantitative estimate of drug-likeness (QED) is 0.196. The number of aryl methyl sites for hydroxylation is 4. The van der Waals surface area contributed by atoms with Crippen molar-refractivity contribution in [2.24, 2.45) is 0 Å². The number of pyridine rings is 2.